The standard InChI is InChI=1S/C9H11BrFNS/c10-8-1-2-9(11)7(5-8)6-12-3-4-13/h1-2,5,12-13H,3-4,6H2. The number of benzene rings is 1. The van der Waals surface area contributed by atoms with Crippen molar-refractivity contribution in [1.82, 2.24) is 5.32 Å². The largest absolute Gasteiger partial charge is 0.312 e. The molecule has 1 nitrogen and oxygen atoms in total. The highest BCUT2D eigenvalue weighted by Gasteiger charge is 2.01. The molecule has 1 rings (SSSR count). The van der Waals surface area contributed by atoms with Gasteiger partial charge in [0.05, 0.1) is 0 Å². The van der Waals surface area contributed by atoms with Crippen molar-refractivity contribution in [3.8, 4) is 0 Å². The first-order valence-corrected chi connectivity index (χ1v) is 5.42. The first-order chi connectivity index (χ1) is 6.24. The normalized spacial score (nSPS) is 10.4. The van der Waals surface area contributed by atoms with Gasteiger partial charge in [0.25, 0.3) is 0 Å². The molecule has 0 bridgehead atoms. The Morgan fingerprint density at radius 2 is 2.23 bits per heavy atom. The summed E-state index contributed by atoms with van der Waals surface area (Å²) in [5.41, 5.74) is 0.677. The summed E-state index contributed by atoms with van der Waals surface area (Å²) in [4.78, 5) is 0. The van der Waals surface area contributed by atoms with Crippen molar-refractivity contribution < 1.29 is 4.39 Å². The maximum Gasteiger partial charge on any atom is 0.127 e. The van der Waals surface area contributed by atoms with Gasteiger partial charge in [0.1, 0.15) is 5.82 Å². The molecule has 13 heavy (non-hydrogen) atoms. The second kappa shape index (κ2) is 5.62. The number of halogens is 2. The van der Waals surface area contributed by atoms with Crippen LogP contribution in [0.5, 0.6) is 0 Å². The van der Waals surface area contributed by atoms with Crippen LogP contribution in [0, 0.1) is 5.82 Å². The molecule has 0 aliphatic rings. The van der Waals surface area contributed by atoms with E-state index in [0.717, 1.165) is 16.8 Å². The van der Waals surface area contributed by atoms with E-state index in [1.807, 2.05) is 0 Å². The number of nitrogens with one attached hydrogen (secondary N) is 1. The Morgan fingerprint density at radius 3 is 2.92 bits per heavy atom. The molecule has 0 spiro atoms. The van der Waals surface area contributed by atoms with E-state index in [1.54, 1.807) is 12.1 Å². The lowest BCUT2D eigenvalue weighted by atomic mass is 10.2. The molecule has 0 aliphatic carbocycles. The molecule has 0 saturated carbocycles. The number of hydrogen-bond donors (Lipinski definition) is 2. The van der Waals surface area contributed by atoms with Crippen LogP contribution >= 0.6 is 28.6 Å². The van der Waals surface area contributed by atoms with Crippen molar-refractivity contribution in [3.63, 3.8) is 0 Å². The third-order valence-electron chi connectivity index (χ3n) is 1.61. The van der Waals surface area contributed by atoms with Gasteiger partial charge < -0.3 is 5.32 Å². The van der Waals surface area contributed by atoms with Crippen molar-refractivity contribution in [2.75, 3.05) is 12.3 Å². The molecule has 1 aromatic rings. The zero-order valence-corrected chi connectivity index (χ0v) is 9.54. The van der Waals surface area contributed by atoms with E-state index >= 15 is 0 Å². The van der Waals surface area contributed by atoms with Crippen molar-refractivity contribution in [3.05, 3.63) is 34.1 Å². The molecule has 1 N–H and O–H groups in total. The highest BCUT2D eigenvalue weighted by atomic mass is 79.9. The second-order valence-electron chi connectivity index (χ2n) is 2.64. The topological polar surface area (TPSA) is 12.0 Å². The minimum atomic E-state index is -0.171. The second-order valence-corrected chi connectivity index (χ2v) is 4.00. The molecule has 0 aromatic heterocycles. The predicted molar refractivity (Wildman–Crippen MR) is 59.7 cm³/mol. The molecular formula is C9H11BrFNS. The molecule has 0 heterocycles. The van der Waals surface area contributed by atoms with Crippen LogP contribution in [0.4, 0.5) is 4.39 Å². The van der Waals surface area contributed by atoms with E-state index < -0.39 is 0 Å². The molecule has 0 saturated heterocycles. The quantitative estimate of drug-likeness (QED) is 0.629. The number of rotatable bonds is 4. The fraction of sp³-hybridized carbons (Fsp3) is 0.333. The van der Waals surface area contributed by atoms with E-state index in [1.165, 1.54) is 6.07 Å². The van der Waals surface area contributed by atoms with Crippen molar-refractivity contribution in [2.24, 2.45) is 0 Å². The Bertz CT molecular complexity index is 280. The number of thiol groups is 1. The Morgan fingerprint density at radius 1 is 1.46 bits per heavy atom. The van der Waals surface area contributed by atoms with Crippen molar-refractivity contribution in [2.45, 2.75) is 6.54 Å². The summed E-state index contributed by atoms with van der Waals surface area (Å²) < 4.78 is 14.0. The molecule has 0 radical (unpaired) electrons. The molecule has 0 amide bonds. The van der Waals surface area contributed by atoms with Gasteiger partial charge in [-0.3, -0.25) is 0 Å². The van der Waals surface area contributed by atoms with Crippen LogP contribution in [0.1, 0.15) is 5.56 Å². The van der Waals surface area contributed by atoms with Gasteiger partial charge in [-0.25, -0.2) is 4.39 Å². The summed E-state index contributed by atoms with van der Waals surface area (Å²) >= 11 is 7.34. The summed E-state index contributed by atoms with van der Waals surface area (Å²) in [6.45, 7) is 1.33. The minimum absolute atomic E-state index is 0.171. The lowest BCUT2D eigenvalue weighted by Crippen LogP contribution is -2.16. The van der Waals surface area contributed by atoms with Crippen LogP contribution in [-0.4, -0.2) is 12.3 Å². The summed E-state index contributed by atoms with van der Waals surface area (Å²) in [7, 11) is 0. The average molecular weight is 264 g/mol. The Labute approximate surface area is 91.3 Å². The first-order valence-electron chi connectivity index (χ1n) is 3.99. The van der Waals surface area contributed by atoms with E-state index in [4.69, 9.17) is 0 Å². The van der Waals surface area contributed by atoms with Crippen LogP contribution < -0.4 is 5.32 Å². The lowest BCUT2D eigenvalue weighted by Gasteiger charge is -2.04. The molecule has 0 unspecified atom stereocenters. The van der Waals surface area contributed by atoms with E-state index in [2.05, 4.69) is 33.9 Å². The fourth-order valence-electron chi connectivity index (χ4n) is 0.981. The van der Waals surface area contributed by atoms with Gasteiger partial charge >= 0.3 is 0 Å². The van der Waals surface area contributed by atoms with Gasteiger partial charge in [-0.15, -0.1) is 0 Å². The maximum absolute atomic E-state index is 13.1. The molecule has 72 valence electrons. The SMILES string of the molecule is Fc1ccc(Br)cc1CNCCS. The maximum atomic E-state index is 13.1. The molecule has 0 atom stereocenters. The predicted octanol–water partition coefficient (Wildman–Crippen LogP) is 2.61. The zero-order valence-electron chi connectivity index (χ0n) is 7.06. The molecular weight excluding hydrogens is 253 g/mol. The monoisotopic (exact) mass is 263 g/mol. The lowest BCUT2D eigenvalue weighted by molar-refractivity contribution is 0.593. The van der Waals surface area contributed by atoms with Gasteiger partial charge in [-0.1, -0.05) is 15.9 Å². The summed E-state index contributed by atoms with van der Waals surface area (Å²) in [5.74, 6) is 0.588. The number of hydrogen-bond acceptors (Lipinski definition) is 2. The van der Waals surface area contributed by atoms with Crippen LogP contribution in [-0.2, 0) is 6.54 Å². The fourth-order valence-corrected chi connectivity index (χ4v) is 1.55. The van der Waals surface area contributed by atoms with Crippen molar-refractivity contribution in [1.29, 1.82) is 0 Å². The van der Waals surface area contributed by atoms with Gasteiger partial charge in [0, 0.05) is 28.9 Å². The average Bonchev–Trinajstić information content (AvgIpc) is 2.11. The molecule has 0 aliphatic heterocycles. The van der Waals surface area contributed by atoms with Gasteiger partial charge in [0.2, 0.25) is 0 Å². The highest BCUT2D eigenvalue weighted by molar-refractivity contribution is 9.10. The third kappa shape index (κ3) is 3.67. The Kier molecular flexibility index (Phi) is 4.77. The van der Waals surface area contributed by atoms with Crippen LogP contribution in [0.15, 0.2) is 22.7 Å². The van der Waals surface area contributed by atoms with Crippen molar-refractivity contribution >= 4 is 28.6 Å². The minimum Gasteiger partial charge on any atom is -0.312 e. The van der Waals surface area contributed by atoms with Gasteiger partial charge in [-0.2, -0.15) is 12.6 Å². The molecule has 4 heteroatoms. The summed E-state index contributed by atoms with van der Waals surface area (Å²) in [5, 5.41) is 3.08. The summed E-state index contributed by atoms with van der Waals surface area (Å²) in [6, 6.07) is 4.93. The highest BCUT2D eigenvalue weighted by Crippen LogP contribution is 2.15. The first kappa shape index (κ1) is 11.0. The zero-order chi connectivity index (χ0) is 9.68. The van der Waals surface area contributed by atoms with Gasteiger partial charge in [0.15, 0.2) is 0 Å². The molecule has 0 fully saturated rings. The molecule has 1 aromatic carbocycles. The van der Waals surface area contributed by atoms with Crippen LogP contribution in [0.2, 0.25) is 0 Å². The van der Waals surface area contributed by atoms with Crippen LogP contribution in [0.3, 0.4) is 0 Å². The van der Waals surface area contributed by atoms with Gasteiger partial charge in [-0.05, 0) is 18.2 Å². The van der Waals surface area contributed by atoms with E-state index in [9.17, 15) is 4.39 Å². The third-order valence-corrected chi connectivity index (χ3v) is 2.33. The van der Waals surface area contributed by atoms with E-state index in [-0.39, 0.29) is 5.82 Å². The van der Waals surface area contributed by atoms with E-state index in [0.29, 0.717) is 12.1 Å². The smallest absolute Gasteiger partial charge is 0.127 e. The van der Waals surface area contributed by atoms with Crippen LogP contribution in [0.25, 0.3) is 0 Å². The summed E-state index contributed by atoms with van der Waals surface area (Å²) in [6.07, 6.45) is 0. The Balaban J connectivity index is 2.59. The Hall–Kier alpha value is -0.0600.